The molecule has 2 unspecified atom stereocenters. The van der Waals surface area contributed by atoms with E-state index in [1.807, 2.05) is 0 Å². The summed E-state index contributed by atoms with van der Waals surface area (Å²) < 4.78 is 5.90. The fourth-order valence-corrected chi connectivity index (χ4v) is 4.28. The molecule has 2 fully saturated rings. The molecule has 2 aliphatic rings. The van der Waals surface area contributed by atoms with Gasteiger partial charge in [-0.3, -0.25) is 0 Å². The van der Waals surface area contributed by atoms with Crippen molar-refractivity contribution in [3.63, 3.8) is 0 Å². The zero-order chi connectivity index (χ0) is 13.6. The summed E-state index contributed by atoms with van der Waals surface area (Å²) in [6.07, 6.45) is 2.47. The molecule has 1 saturated carbocycles. The fourth-order valence-electron chi connectivity index (χ4n) is 4.28. The monoisotopic (exact) mass is 253 g/mol. The maximum atomic E-state index is 5.90. The molecule has 1 N–H and O–H groups in total. The molecule has 0 bridgehead atoms. The van der Waals surface area contributed by atoms with Gasteiger partial charge in [-0.05, 0) is 62.4 Å². The number of hydrogen-bond acceptors (Lipinski definition) is 2. The Balaban J connectivity index is 1.96. The van der Waals surface area contributed by atoms with Crippen LogP contribution in [0.3, 0.4) is 0 Å². The molecule has 1 aliphatic heterocycles. The summed E-state index contributed by atoms with van der Waals surface area (Å²) in [7, 11) is 0. The molecular weight excluding hydrogens is 222 g/mol. The minimum absolute atomic E-state index is 0.0717. The molecule has 1 spiro atoms. The molecule has 0 aromatic carbocycles. The van der Waals surface area contributed by atoms with Crippen LogP contribution in [-0.2, 0) is 4.74 Å². The van der Waals surface area contributed by atoms with Crippen molar-refractivity contribution in [3.05, 3.63) is 0 Å². The Labute approximate surface area is 113 Å². The van der Waals surface area contributed by atoms with Gasteiger partial charge in [-0.1, -0.05) is 27.7 Å². The summed E-state index contributed by atoms with van der Waals surface area (Å²) in [4.78, 5) is 0. The van der Waals surface area contributed by atoms with E-state index >= 15 is 0 Å². The van der Waals surface area contributed by atoms with Crippen LogP contribution in [0.1, 0.15) is 54.4 Å². The second-order valence-electron chi connectivity index (χ2n) is 8.02. The van der Waals surface area contributed by atoms with Crippen molar-refractivity contribution < 1.29 is 4.74 Å². The molecule has 0 aromatic heterocycles. The molecule has 2 atom stereocenters. The summed E-state index contributed by atoms with van der Waals surface area (Å²) in [5.74, 6) is 1.57. The first-order valence-corrected chi connectivity index (χ1v) is 7.56. The van der Waals surface area contributed by atoms with Crippen molar-refractivity contribution in [2.75, 3.05) is 19.7 Å². The fraction of sp³-hybridized carbons (Fsp3) is 1.00. The number of hydrogen-bond donors (Lipinski definition) is 1. The van der Waals surface area contributed by atoms with Gasteiger partial charge in [-0.2, -0.15) is 0 Å². The lowest BCUT2D eigenvalue weighted by Crippen LogP contribution is -2.37. The molecule has 0 amide bonds. The Kier molecular flexibility index (Phi) is 3.57. The van der Waals surface area contributed by atoms with Gasteiger partial charge < -0.3 is 10.1 Å². The van der Waals surface area contributed by atoms with Crippen LogP contribution in [0.5, 0.6) is 0 Å². The van der Waals surface area contributed by atoms with Crippen molar-refractivity contribution in [2.24, 2.45) is 22.7 Å². The Morgan fingerprint density at radius 1 is 1.22 bits per heavy atom. The Morgan fingerprint density at radius 3 is 2.44 bits per heavy atom. The molecular formula is C16H31NO. The van der Waals surface area contributed by atoms with Crippen LogP contribution in [0.25, 0.3) is 0 Å². The average molecular weight is 253 g/mol. The van der Waals surface area contributed by atoms with Crippen molar-refractivity contribution in [1.82, 2.24) is 5.32 Å². The largest absolute Gasteiger partial charge is 0.376 e. The van der Waals surface area contributed by atoms with E-state index in [9.17, 15) is 0 Å². The van der Waals surface area contributed by atoms with E-state index in [4.69, 9.17) is 4.74 Å². The van der Waals surface area contributed by atoms with Crippen LogP contribution in [0.15, 0.2) is 0 Å². The highest BCUT2D eigenvalue weighted by atomic mass is 16.5. The highest BCUT2D eigenvalue weighted by molar-refractivity contribution is 5.20. The normalized spacial score (nSPS) is 37.2. The van der Waals surface area contributed by atoms with E-state index in [0.29, 0.717) is 10.8 Å². The van der Waals surface area contributed by atoms with Gasteiger partial charge in [0.05, 0.1) is 5.60 Å². The summed E-state index contributed by atoms with van der Waals surface area (Å²) >= 11 is 0. The Hall–Kier alpha value is -0.0800. The van der Waals surface area contributed by atoms with Gasteiger partial charge in [0, 0.05) is 6.61 Å². The Morgan fingerprint density at radius 2 is 1.89 bits per heavy atom. The van der Waals surface area contributed by atoms with E-state index in [-0.39, 0.29) is 5.60 Å². The van der Waals surface area contributed by atoms with Gasteiger partial charge >= 0.3 is 0 Å². The SMILES string of the molecule is CC(C)CNCC1C(C)(C)C12CCOC(C)(C)C2. The zero-order valence-corrected chi connectivity index (χ0v) is 13.1. The van der Waals surface area contributed by atoms with Crippen LogP contribution in [0, 0.1) is 22.7 Å². The van der Waals surface area contributed by atoms with Crippen LogP contribution in [-0.4, -0.2) is 25.3 Å². The van der Waals surface area contributed by atoms with E-state index in [0.717, 1.165) is 25.0 Å². The summed E-state index contributed by atoms with van der Waals surface area (Å²) in [5, 5.41) is 3.66. The zero-order valence-electron chi connectivity index (χ0n) is 13.1. The summed E-state index contributed by atoms with van der Waals surface area (Å²) in [6, 6.07) is 0. The number of rotatable bonds is 4. The quantitative estimate of drug-likeness (QED) is 0.828. The third kappa shape index (κ3) is 2.34. The van der Waals surface area contributed by atoms with Crippen LogP contribution < -0.4 is 5.32 Å². The standard InChI is InChI=1S/C16H31NO/c1-12(2)9-17-10-13-15(5,6)16(13)7-8-18-14(3,4)11-16/h12-13,17H,7-11H2,1-6H3. The minimum atomic E-state index is 0.0717. The Bertz CT molecular complexity index is 308. The molecule has 1 aliphatic carbocycles. The average Bonchev–Trinajstić information content (AvgIpc) is 2.61. The van der Waals surface area contributed by atoms with Crippen LogP contribution >= 0.6 is 0 Å². The molecule has 1 heterocycles. The molecule has 106 valence electrons. The first-order valence-electron chi connectivity index (χ1n) is 7.56. The predicted octanol–water partition coefficient (Wildman–Crippen LogP) is 3.46. The van der Waals surface area contributed by atoms with Gasteiger partial charge in [0.2, 0.25) is 0 Å². The van der Waals surface area contributed by atoms with E-state index < -0.39 is 0 Å². The molecule has 18 heavy (non-hydrogen) atoms. The van der Waals surface area contributed by atoms with Crippen molar-refractivity contribution in [3.8, 4) is 0 Å². The number of nitrogens with one attached hydrogen (secondary N) is 1. The van der Waals surface area contributed by atoms with Gasteiger partial charge in [-0.25, -0.2) is 0 Å². The molecule has 2 nitrogen and oxygen atoms in total. The lowest BCUT2D eigenvalue weighted by Gasteiger charge is -2.38. The lowest BCUT2D eigenvalue weighted by molar-refractivity contribution is -0.0882. The first kappa shape index (κ1) is 14.3. The van der Waals surface area contributed by atoms with Crippen molar-refractivity contribution in [1.29, 1.82) is 0 Å². The summed E-state index contributed by atoms with van der Waals surface area (Å²) in [5.41, 5.74) is 1.08. The van der Waals surface area contributed by atoms with Crippen molar-refractivity contribution in [2.45, 2.75) is 60.0 Å². The van der Waals surface area contributed by atoms with Gasteiger partial charge in [0.1, 0.15) is 0 Å². The lowest BCUT2D eigenvalue weighted by atomic mass is 9.80. The third-order valence-electron chi connectivity index (χ3n) is 5.42. The maximum Gasteiger partial charge on any atom is 0.0632 e. The molecule has 0 aromatic rings. The molecule has 1 saturated heterocycles. The topological polar surface area (TPSA) is 21.3 Å². The third-order valence-corrected chi connectivity index (χ3v) is 5.42. The second kappa shape index (κ2) is 4.49. The van der Waals surface area contributed by atoms with E-state index in [2.05, 4.69) is 46.9 Å². The van der Waals surface area contributed by atoms with Crippen LogP contribution in [0.4, 0.5) is 0 Å². The molecule has 0 radical (unpaired) electrons. The number of ether oxygens (including phenoxy) is 1. The molecule has 2 rings (SSSR count). The molecule has 2 heteroatoms. The maximum absolute atomic E-state index is 5.90. The van der Waals surface area contributed by atoms with Gasteiger partial charge in [0.25, 0.3) is 0 Å². The minimum Gasteiger partial charge on any atom is -0.376 e. The summed E-state index contributed by atoms with van der Waals surface area (Å²) in [6.45, 7) is 17.2. The second-order valence-corrected chi connectivity index (χ2v) is 8.02. The van der Waals surface area contributed by atoms with Gasteiger partial charge in [-0.15, -0.1) is 0 Å². The first-order chi connectivity index (χ1) is 8.21. The highest BCUT2D eigenvalue weighted by Crippen LogP contribution is 2.74. The van der Waals surface area contributed by atoms with Crippen molar-refractivity contribution >= 4 is 0 Å². The smallest absolute Gasteiger partial charge is 0.0632 e. The predicted molar refractivity (Wildman–Crippen MR) is 76.7 cm³/mol. The van der Waals surface area contributed by atoms with E-state index in [1.165, 1.54) is 19.4 Å². The van der Waals surface area contributed by atoms with Gasteiger partial charge in [0.15, 0.2) is 0 Å². The van der Waals surface area contributed by atoms with Crippen LogP contribution in [0.2, 0.25) is 0 Å². The van der Waals surface area contributed by atoms with E-state index in [1.54, 1.807) is 0 Å². The highest BCUT2D eigenvalue weighted by Gasteiger charge is 2.71.